The molecule has 1 aliphatic carbocycles. The van der Waals surface area contributed by atoms with E-state index < -0.39 is 0 Å². The molecule has 1 saturated carbocycles. The highest BCUT2D eigenvalue weighted by molar-refractivity contribution is 6.05. The number of hydrogen-bond acceptors (Lipinski definition) is 3. The number of carbonyl (C=O) groups is 2. The molecule has 2 rings (SSSR count). The number of fused-ring (bicyclic) bond motifs is 1. The van der Waals surface area contributed by atoms with Crippen molar-refractivity contribution in [1.29, 1.82) is 0 Å². The van der Waals surface area contributed by atoms with Crippen LogP contribution in [0, 0.1) is 17.8 Å². The van der Waals surface area contributed by atoms with E-state index in [9.17, 15) is 9.59 Å². The van der Waals surface area contributed by atoms with Crippen LogP contribution in [0.15, 0.2) is 0 Å². The fourth-order valence-electron chi connectivity index (χ4n) is 3.32. The molecule has 18 heavy (non-hydrogen) atoms. The third-order valence-electron chi connectivity index (χ3n) is 4.45. The van der Waals surface area contributed by atoms with Gasteiger partial charge >= 0.3 is 0 Å². The molecular formula is C14H24N2O2. The van der Waals surface area contributed by atoms with E-state index in [0.717, 1.165) is 32.1 Å². The second-order valence-electron chi connectivity index (χ2n) is 5.91. The second kappa shape index (κ2) is 5.39. The summed E-state index contributed by atoms with van der Waals surface area (Å²) in [6.07, 6.45) is 4.60. The molecule has 1 aliphatic heterocycles. The monoisotopic (exact) mass is 252 g/mol. The van der Waals surface area contributed by atoms with E-state index in [0.29, 0.717) is 12.5 Å². The maximum absolute atomic E-state index is 12.2. The average Bonchev–Trinajstić information content (AvgIpc) is 2.84. The molecule has 0 aromatic carbocycles. The molecule has 2 fully saturated rings. The van der Waals surface area contributed by atoms with Crippen molar-refractivity contribution in [2.24, 2.45) is 23.5 Å². The molecular weight excluding hydrogens is 228 g/mol. The van der Waals surface area contributed by atoms with Crippen LogP contribution in [0.2, 0.25) is 0 Å². The van der Waals surface area contributed by atoms with Gasteiger partial charge in [-0.1, -0.05) is 13.3 Å². The maximum Gasteiger partial charge on any atom is 0.233 e. The third kappa shape index (κ3) is 2.44. The smallest absolute Gasteiger partial charge is 0.233 e. The molecule has 2 amide bonds. The second-order valence-corrected chi connectivity index (χ2v) is 5.91. The van der Waals surface area contributed by atoms with Crippen molar-refractivity contribution in [3.05, 3.63) is 0 Å². The maximum atomic E-state index is 12.2. The van der Waals surface area contributed by atoms with Crippen LogP contribution in [0.3, 0.4) is 0 Å². The highest BCUT2D eigenvalue weighted by Crippen LogP contribution is 2.44. The lowest BCUT2D eigenvalue weighted by molar-refractivity contribution is -0.140. The summed E-state index contributed by atoms with van der Waals surface area (Å²) in [5.74, 6) is 0.686. The van der Waals surface area contributed by atoms with Gasteiger partial charge < -0.3 is 5.73 Å². The van der Waals surface area contributed by atoms with E-state index in [4.69, 9.17) is 5.73 Å². The Morgan fingerprint density at radius 1 is 1.28 bits per heavy atom. The minimum atomic E-state index is -0.0160. The van der Waals surface area contributed by atoms with Crippen LogP contribution in [0.1, 0.15) is 46.0 Å². The van der Waals surface area contributed by atoms with Crippen molar-refractivity contribution >= 4 is 11.8 Å². The molecule has 1 saturated heterocycles. The van der Waals surface area contributed by atoms with Crippen molar-refractivity contribution in [2.75, 3.05) is 6.54 Å². The van der Waals surface area contributed by atoms with Crippen molar-refractivity contribution in [2.45, 2.75) is 52.0 Å². The first-order valence-electron chi connectivity index (χ1n) is 7.15. The molecule has 0 aromatic rings. The Morgan fingerprint density at radius 2 is 1.83 bits per heavy atom. The topological polar surface area (TPSA) is 63.4 Å². The Balaban J connectivity index is 1.92. The summed E-state index contributed by atoms with van der Waals surface area (Å²) in [4.78, 5) is 25.9. The average molecular weight is 252 g/mol. The highest BCUT2D eigenvalue weighted by atomic mass is 16.2. The van der Waals surface area contributed by atoms with Gasteiger partial charge in [0.05, 0.1) is 11.8 Å². The predicted molar refractivity (Wildman–Crippen MR) is 69.6 cm³/mol. The normalized spacial score (nSPS) is 33.1. The standard InChI is InChI=1S/C14H24N2O2/c1-3-10-7-11-12(8-10)14(18)16(13(11)17)6-4-5-9(2)15/h9-12H,3-8,15H2,1-2H3. The fraction of sp³-hybridized carbons (Fsp3) is 0.857. The third-order valence-corrected chi connectivity index (χ3v) is 4.45. The van der Waals surface area contributed by atoms with E-state index in [1.165, 1.54) is 4.90 Å². The van der Waals surface area contributed by atoms with Gasteiger partial charge in [-0.2, -0.15) is 0 Å². The minimum absolute atomic E-state index is 0.0160. The molecule has 4 nitrogen and oxygen atoms in total. The van der Waals surface area contributed by atoms with Gasteiger partial charge in [0.15, 0.2) is 0 Å². The zero-order valence-corrected chi connectivity index (χ0v) is 11.4. The minimum Gasteiger partial charge on any atom is -0.328 e. The Labute approximate surface area is 109 Å². The molecule has 0 spiro atoms. The number of likely N-dealkylation sites (tertiary alicyclic amines) is 1. The molecule has 3 atom stereocenters. The van der Waals surface area contributed by atoms with E-state index in [1.807, 2.05) is 6.92 Å². The number of nitrogens with two attached hydrogens (primary N) is 1. The molecule has 1 heterocycles. The SMILES string of the molecule is CCC1CC2C(=O)N(CCCC(C)N)C(=O)C2C1. The molecule has 0 radical (unpaired) electrons. The molecule has 4 heteroatoms. The molecule has 102 valence electrons. The van der Waals surface area contributed by atoms with Gasteiger partial charge in [0.2, 0.25) is 11.8 Å². The lowest BCUT2D eigenvalue weighted by Gasteiger charge is -2.17. The van der Waals surface area contributed by atoms with E-state index >= 15 is 0 Å². The summed E-state index contributed by atoms with van der Waals surface area (Å²) in [6.45, 7) is 4.65. The Morgan fingerprint density at radius 3 is 2.28 bits per heavy atom. The van der Waals surface area contributed by atoms with Crippen LogP contribution >= 0.6 is 0 Å². The lowest BCUT2D eigenvalue weighted by Crippen LogP contribution is -2.33. The van der Waals surface area contributed by atoms with E-state index in [1.54, 1.807) is 0 Å². The molecule has 2 N–H and O–H groups in total. The van der Waals surface area contributed by atoms with Gasteiger partial charge in [-0.15, -0.1) is 0 Å². The Hall–Kier alpha value is -0.900. The van der Waals surface area contributed by atoms with Gasteiger partial charge in [-0.25, -0.2) is 0 Å². The van der Waals surface area contributed by atoms with E-state index in [-0.39, 0.29) is 29.7 Å². The summed E-state index contributed by atoms with van der Waals surface area (Å²) in [6, 6.07) is 0.141. The molecule has 0 bridgehead atoms. The van der Waals surface area contributed by atoms with Gasteiger partial charge in [-0.3, -0.25) is 14.5 Å². The van der Waals surface area contributed by atoms with Crippen molar-refractivity contribution < 1.29 is 9.59 Å². The van der Waals surface area contributed by atoms with Crippen LogP contribution in [0.5, 0.6) is 0 Å². The fourth-order valence-corrected chi connectivity index (χ4v) is 3.32. The van der Waals surface area contributed by atoms with Gasteiger partial charge in [0, 0.05) is 12.6 Å². The first-order chi connectivity index (χ1) is 8.54. The highest BCUT2D eigenvalue weighted by Gasteiger charge is 2.51. The summed E-state index contributed by atoms with van der Waals surface area (Å²) in [5.41, 5.74) is 5.69. The summed E-state index contributed by atoms with van der Waals surface area (Å²) in [5, 5.41) is 0. The lowest BCUT2D eigenvalue weighted by atomic mass is 10.00. The van der Waals surface area contributed by atoms with Crippen LogP contribution in [-0.2, 0) is 9.59 Å². The first-order valence-corrected chi connectivity index (χ1v) is 7.15. The number of hydrogen-bond donors (Lipinski definition) is 1. The van der Waals surface area contributed by atoms with Gasteiger partial charge in [0.1, 0.15) is 0 Å². The Kier molecular flexibility index (Phi) is 4.05. The zero-order valence-electron chi connectivity index (χ0n) is 11.4. The van der Waals surface area contributed by atoms with Crippen molar-refractivity contribution in [3.8, 4) is 0 Å². The van der Waals surface area contributed by atoms with Crippen molar-refractivity contribution in [1.82, 2.24) is 4.90 Å². The van der Waals surface area contributed by atoms with E-state index in [2.05, 4.69) is 6.92 Å². The van der Waals surface area contributed by atoms with Crippen LogP contribution in [0.4, 0.5) is 0 Å². The predicted octanol–water partition coefficient (Wildman–Crippen LogP) is 1.54. The van der Waals surface area contributed by atoms with Crippen LogP contribution in [-0.4, -0.2) is 29.3 Å². The Bertz CT molecular complexity index is 317. The first kappa shape index (κ1) is 13.5. The number of nitrogens with zero attached hydrogens (tertiary/aromatic N) is 1. The van der Waals surface area contributed by atoms with Gasteiger partial charge in [0.25, 0.3) is 0 Å². The summed E-state index contributed by atoms with van der Waals surface area (Å²) < 4.78 is 0. The summed E-state index contributed by atoms with van der Waals surface area (Å²) >= 11 is 0. The number of amides is 2. The largest absolute Gasteiger partial charge is 0.328 e. The quantitative estimate of drug-likeness (QED) is 0.755. The molecule has 0 aromatic heterocycles. The van der Waals surface area contributed by atoms with Crippen molar-refractivity contribution in [3.63, 3.8) is 0 Å². The van der Waals surface area contributed by atoms with Gasteiger partial charge in [-0.05, 0) is 38.5 Å². The van der Waals surface area contributed by atoms with Crippen LogP contribution in [0.25, 0.3) is 0 Å². The molecule has 2 aliphatic rings. The summed E-state index contributed by atoms with van der Waals surface area (Å²) in [7, 11) is 0. The number of carbonyl (C=O) groups excluding carboxylic acids is 2. The number of imide groups is 1. The molecule has 3 unspecified atom stereocenters. The number of rotatable bonds is 5. The van der Waals surface area contributed by atoms with Crippen LogP contribution < -0.4 is 5.73 Å². The zero-order chi connectivity index (χ0) is 13.3.